The summed E-state index contributed by atoms with van der Waals surface area (Å²) >= 11 is 9.50. The number of aromatic amines is 1. The van der Waals surface area contributed by atoms with Crippen molar-refractivity contribution in [1.29, 1.82) is 0 Å². The molecule has 3 rings (SSSR count). The molecule has 106 valence electrons. The molecule has 1 aromatic heterocycles. The molecule has 1 aromatic carbocycles. The molecule has 0 spiro atoms. The highest BCUT2D eigenvalue weighted by molar-refractivity contribution is 9.10. The predicted octanol–water partition coefficient (Wildman–Crippen LogP) is 2.69. The van der Waals surface area contributed by atoms with E-state index in [2.05, 4.69) is 48.3 Å². The summed E-state index contributed by atoms with van der Waals surface area (Å²) in [7, 11) is 0. The van der Waals surface area contributed by atoms with E-state index in [1.54, 1.807) is 0 Å². The summed E-state index contributed by atoms with van der Waals surface area (Å²) in [5.41, 5.74) is 0.923. The number of anilines is 1. The number of piperazine rings is 1. The Morgan fingerprint density at radius 2 is 2.25 bits per heavy atom. The maximum Gasteiger partial charge on any atom is 0.245 e. The second kappa shape index (κ2) is 5.71. The number of H-pyrrole nitrogens is 1. The van der Waals surface area contributed by atoms with Crippen molar-refractivity contribution in [2.24, 2.45) is 0 Å². The Labute approximate surface area is 130 Å². The third-order valence-electron chi connectivity index (χ3n) is 3.26. The van der Waals surface area contributed by atoms with Gasteiger partial charge in [0, 0.05) is 40.7 Å². The average molecular weight is 357 g/mol. The zero-order chi connectivity index (χ0) is 14.1. The second-order valence-electron chi connectivity index (χ2n) is 4.94. The molecule has 20 heavy (non-hydrogen) atoms. The van der Waals surface area contributed by atoms with Gasteiger partial charge in [-0.15, -0.1) is 5.10 Å². The van der Waals surface area contributed by atoms with Gasteiger partial charge in [0.25, 0.3) is 0 Å². The van der Waals surface area contributed by atoms with Crippen LogP contribution in [-0.2, 0) is 0 Å². The van der Waals surface area contributed by atoms with Gasteiger partial charge in [-0.2, -0.15) is 4.98 Å². The molecule has 1 aliphatic rings. The Hall–Kier alpha value is -1.11. The Morgan fingerprint density at radius 3 is 3.00 bits per heavy atom. The first-order valence-corrected chi connectivity index (χ1v) is 7.66. The molecule has 0 aliphatic carbocycles. The van der Waals surface area contributed by atoms with E-state index in [1.807, 2.05) is 18.2 Å². The normalized spacial score (nSPS) is 19.4. The van der Waals surface area contributed by atoms with Gasteiger partial charge in [-0.05, 0) is 25.1 Å². The van der Waals surface area contributed by atoms with E-state index in [1.165, 1.54) is 0 Å². The minimum absolute atomic E-state index is 0.450. The molecule has 0 amide bonds. The number of aromatic nitrogens is 3. The van der Waals surface area contributed by atoms with E-state index in [0.29, 0.717) is 11.1 Å². The largest absolute Gasteiger partial charge is 0.337 e. The highest BCUT2D eigenvalue weighted by atomic mass is 79.9. The summed E-state index contributed by atoms with van der Waals surface area (Å²) in [6.45, 7) is 4.94. The van der Waals surface area contributed by atoms with Crippen molar-refractivity contribution in [3.8, 4) is 11.4 Å². The van der Waals surface area contributed by atoms with Gasteiger partial charge in [0.05, 0.1) is 0 Å². The van der Waals surface area contributed by atoms with E-state index in [9.17, 15) is 0 Å². The molecule has 1 aliphatic heterocycles. The fourth-order valence-corrected chi connectivity index (χ4v) is 3.19. The van der Waals surface area contributed by atoms with Crippen molar-refractivity contribution in [3.63, 3.8) is 0 Å². The Morgan fingerprint density at radius 1 is 1.40 bits per heavy atom. The van der Waals surface area contributed by atoms with Gasteiger partial charge in [0.2, 0.25) is 5.95 Å². The van der Waals surface area contributed by atoms with Crippen molar-refractivity contribution < 1.29 is 0 Å². The number of hydrogen-bond donors (Lipinski definition) is 2. The third-order valence-corrected chi connectivity index (χ3v) is 3.94. The van der Waals surface area contributed by atoms with Crippen LogP contribution in [0.5, 0.6) is 0 Å². The molecule has 0 bridgehead atoms. The smallest absolute Gasteiger partial charge is 0.245 e. The summed E-state index contributed by atoms with van der Waals surface area (Å²) in [5, 5.41) is 11.4. The van der Waals surface area contributed by atoms with Crippen LogP contribution in [0, 0.1) is 0 Å². The molecule has 2 heterocycles. The molecule has 7 heteroatoms. The van der Waals surface area contributed by atoms with E-state index in [4.69, 9.17) is 11.6 Å². The van der Waals surface area contributed by atoms with E-state index >= 15 is 0 Å². The van der Waals surface area contributed by atoms with E-state index in [-0.39, 0.29) is 0 Å². The van der Waals surface area contributed by atoms with Gasteiger partial charge < -0.3 is 10.2 Å². The molecule has 0 saturated carbocycles. The van der Waals surface area contributed by atoms with Crippen molar-refractivity contribution in [3.05, 3.63) is 27.7 Å². The lowest BCUT2D eigenvalue weighted by Crippen LogP contribution is -2.49. The van der Waals surface area contributed by atoms with Crippen molar-refractivity contribution in [2.45, 2.75) is 13.0 Å². The fourth-order valence-electron chi connectivity index (χ4n) is 2.33. The van der Waals surface area contributed by atoms with Gasteiger partial charge in [0.1, 0.15) is 0 Å². The first-order chi connectivity index (χ1) is 9.61. The average Bonchev–Trinajstić information content (AvgIpc) is 2.87. The highest BCUT2D eigenvalue weighted by Crippen LogP contribution is 2.26. The predicted molar refractivity (Wildman–Crippen MR) is 84.2 cm³/mol. The van der Waals surface area contributed by atoms with Gasteiger partial charge in [-0.25, -0.2) is 0 Å². The van der Waals surface area contributed by atoms with Crippen LogP contribution in [0.2, 0.25) is 5.02 Å². The minimum Gasteiger partial charge on any atom is -0.337 e. The van der Waals surface area contributed by atoms with Crippen LogP contribution in [0.3, 0.4) is 0 Å². The number of rotatable bonds is 2. The Bertz CT molecular complexity index is 594. The molecule has 5 nitrogen and oxygen atoms in total. The van der Waals surface area contributed by atoms with Crippen molar-refractivity contribution in [2.75, 3.05) is 24.5 Å². The standard InChI is InChI=1S/C13H15BrClN5/c1-8-7-20(3-2-16-8)13-17-12(18-19-13)9-4-10(14)6-11(15)5-9/h4-6,8,16H,2-3,7H2,1H3,(H,17,18,19). The van der Waals surface area contributed by atoms with Crippen LogP contribution in [0.25, 0.3) is 11.4 Å². The van der Waals surface area contributed by atoms with Crippen LogP contribution in [-0.4, -0.2) is 40.9 Å². The van der Waals surface area contributed by atoms with Crippen LogP contribution < -0.4 is 10.2 Å². The van der Waals surface area contributed by atoms with Gasteiger partial charge >= 0.3 is 0 Å². The van der Waals surface area contributed by atoms with Crippen LogP contribution in [0.1, 0.15) is 6.92 Å². The molecule has 1 fully saturated rings. The quantitative estimate of drug-likeness (QED) is 0.868. The van der Waals surface area contributed by atoms with Gasteiger partial charge in [0.15, 0.2) is 5.82 Å². The number of benzene rings is 1. The van der Waals surface area contributed by atoms with Crippen molar-refractivity contribution >= 4 is 33.5 Å². The highest BCUT2D eigenvalue weighted by Gasteiger charge is 2.19. The summed E-state index contributed by atoms with van der Waals surface area (Å²) in [6.07, 6.45) is 0. The van der Waals surface area contributed by atoms with E-state index < -0.39 is 0 Å². The van der Waals surface area contributed by atoms with Crippen LogP contribution in [0.4, 0.5) is 5.95 Å². The van der Waals surface area contributed by atoms with Gasteiger partial charge in [-0.3, -0.25) is 5.10 Å². The molecule has 1 saturated heterocycles. The topological polar surface area (TPSA) is 56.8 Å². The van der Waals surface area contributed by atoms with Crippen molar-refractivity contribution in [1.82, 2.24) is 20.5 Å². The number of hydrogen-bond acceptors (Lipinski definition) is 4. The minimum atomic E-state index is 0.450. The lowest BCUT2D eigenvalue weighted by Gasteiger charge is -2.30. The van der Waals surface area contributed by atoms with Gasteiger partial charge in [-0.1, -0.05) is 27.5 Å². The maximum absolute atomic E-state index is 6.06. The molecular weight excluding hydrogens is 342 g/mol. The zero-order valence-corrected chi connectivity index (χ0v) is 13.4. The summed E-state index contributed by atoms with van der Waals surface area (Å²) in [5.74, 6) is 1.47. The zero-order valence-electron chi connectivity index (χ0n) is 11.0. The molecule has 2 N–H and O–H groups in total. The van der Waals surface area contributed by atoms with Crippen LogP contribution in [0.15, 0.2) is 22.7 Å². The Balaban J connectivity index is 1.86. The maximum atomic E-state index is 6.06. The Kier molecular flexibility index (Phi) is 3.96. The number of nitrogens with zero attached hydrogens (tertiary/aromatic N) is 3. The monoisotopic (exact) mass is 355 g/mol. The lowest BCUT2D eigenvalue weighted by molar-refractivity contribution is 0.480. The number of halogens is 2. The molecular formula is C13H15BrClN5. The lowest BCUT2D eigenvalue weighted by atomic mass is 10.2. The molecule has 0 radical (unpaired) electrons. The summed E-state index contributed by atoms with van der Waals surface area (Å²) in [6, 6.07) is 6.14. The summed E-state index contributed by atoms with van der Waals surface area (Å²) in [4.78, 5) is 6.75. The SMILES string of the molecule is CC1CN(c2n[nH]c(-c3cc(Cl)cc(Br)c3)n2)CCN1. The molecule has 1 atom stereocenters. The molecule has 2 aromatic rings. The fraction of sp³-hybridized carbons (Fsp3) is 0.385. The first-order valence-electron chi connectivity index (χ1n) is 6.49. The summed E-state index contributed by atoms with van der Waals surface area (Å²) < 4.78 is 0.925. The second-order valence-corrected chi connectivity index (χ2v) is 6.30. The molecule has 1 unspecified atom stereocenters. The van der Waals surface area contributed by atoms with Crippen LogP contribution >= 0.6 is 27.5 Å². The van der Waals surface area contributed by atoms with E-state index in [0.717, 1.165) is 41.4 Å². The first kappa shape index (κ1) is 13.9. The number of nitrogens with one attached hydrogen (secondary N) is 2. The third kappa shape index (κ3) is 2.97.